The Bertz CT molecular complexity index is 1300. The van der Waals surface area contributed by atoms with Gasteiger partial charge in [-0.15, -0.1) is 0 Å². The summed E-state index contributed by atoms with van der Waals surface area (Å²) in [5.41, 5.74) is 4.98. The fraction of sp³-hybridized carbons (Fsp3) is 0.375. The number of carbonyl (C=O) groups is 1. The third-order valence-corrected chi connectivity index (χ3v) is 6.57. The van der Waals surface area contributed by atoms with Gasteiger partial charge in [0.05, 0.1) is 19.4 Å². The summed E-state index contributed by atoms with van der Waals surface area (Å²) in [6, 6.07) is 10.3. The standard InChI is InChI=1S/C24H25N5O3/c1-16-26-20-12-17(2-4-22(20)32-16)18-3-5-23-25-13-21(29(23)14-18)24(30)28-7-6-19(15-28)27-8-10-31-11-9-27/h2-5,12-14,19H,6-11,15H2,1H3/t19-/m1/s1. The van der Waals surface area contributed by atoms with E-state index in [1.165, 1.54) is 0 Å². The molecule has 2 aliphatic heterocycles. The van der Waals surface area contributed by atoms with E-state index in [-0.39, 0.29) is 5.91 Å². The second-order valence-electron chi connectivity index (χ2n) is 8.55. The molecule has 0 unspecified atom stereocenters. The van der Waals surface area contributed by atoms with Crippen molar-refractivity contribution in [3.63, 3.8) is 0 Å². The Labute approximate surface area is 185 Å². The number of morpholine rings is 1. The Morgan fingerprint density at radius 1 is 1.09 bits per heavy atom. The van der Waals surface area contributed by atoms with Crippen molar-refractivity contribution in [1.82, 2.24) is 24.2 Å². The molecule has 0 aliphatic carbocycles. The van der Waals surface area contributed by atoms with Crippen LogP contribution in [0.25, 0.3) is 27.9 Å². The van der Waals surface area contributed by atoms with Crippen molar-refractivity contribution in [2.24, 2.45) is 0 Å². The molecule has 2 saturated heterocycles. The first-order valence-corrected chi connectivity index (χ1v) is 11.1. The van der Waals surface area contributed by atoms with E-state index in [0.29, 0.717) is 17.6 Å². The number of pyridine rings is 1. The highest BCUT2D eigenvalue weighted by atomic mass is 16.5. The van der Waals surface area contributed by atoms with Crippen LogP contribution in [-0.4, -0.2) is 75.5 Å². The molecule has 5 heterocycles. The monoisotopic (exact) mass is 431 g/mol. The minimum absolute atomic E-state index is 0.0352. The van der Waals surface area contributed by atoms with Crippen LogP contribution in [0.2, 0.25) is 0 Å². The molecule has 164 valence electrons. The maximum Gasteiger partial charge on any atom is 0.272 e. The summed E-state index contributed by atoms with van der Waals surface area (Å²) in [6.45, 7) is 6.82. The summed E-state index contributed by atoms with van der Waals surface area (Å²) in [7, 11) is 0. The third-order valence-electron chi connectivity index (χ3n) is 6.57. The number of ether oxygens (including phenoxy) is 1. The summed E-state index contributed by atoms with van der Waals surface area (Å²) >= 11 is 0. The summed E-state index contributed by atoms with van der Waals surface area (Å²) in [5, 5.41) is 0. The highest BCUT2D eigenvalue weighted by molar-refractivity contribution is 5.93. The number of imidazole rings is 1. The zero-order valence-corrected chi connectivity index (χ0v) is 18.0. The topological polar surface area (TPSA) is 76.1 Å². The van der Waals surface area contributed by atoms with Gasteiger partial charge in [-0.3, -0.25) is 14.1 Å². The maximum atomic E-state index is 13.4. The Balaban J connectivity index is 1.28. The SMILES string of the molecule is Cc1nc2cc(-c3ccc4ncc(C(=O)N5CC[C@@H](N6CCOCC6)C5)n4c3)ccc2o1. The van der Waals surface area contributed by atoms with Crippen LogP contribution in [0.4, 0.5) is 0 Å². The lowest BCUT2D eigenvalue weighted by atomic mass is 10.1. The number of likely N-dealkylation sites (tertiary alicyclic amines) is 1. The van der Waals surface area contributed by atoms with Crippen molar-refractivity contribution in [3.8, 4) is 11.1 Å². The Hall–Kier alpha value is -3.23. The van der Waals surface area contributed by atoms with E-state index in [9.17, 15) is 4.79 Å². The molecule has 6 rings (SSSR count). The molecule has 4 aromatic rings. The van der Waals surface area contributed by atoms with Crippen LogP contribution < -0.4 is 0 Å². The van der Waals surface area contributed by atoms with Crippen LogP contribution in [0.3, 0.4) is 0 Å². The van der Waals surface area contributed by atoms with Gasteiger partial charge in [0.15, 0.2) is 11.5 Å². The predicted molar refractivity (Wildman–Crippen MR) is 120 cm³/mol. The highest BCUT2D eigenvalue weighted by Gasteiger charge is 2.32. The molecule has 0 saturated carbocycles. The molecule has 0 N–H and O–H groups in total. The van der Waals surface area contributed by atoms with Gasteiger partial charge in [0.1, 0.15) is 16.9 Å². The normalized spacial score (nSPS) is 19.9. The van der Waals surface area contributed by atoms with Gasteiger partial charge < -0.3 is 14.1 Å². The van der Waals surface area contributed by atoms with Gasteiger partial charge in [-0.1, -0.05) is 6.07 Å². The number of hydrogen-bond donors (Lipinski definition) is 0. The number of hydrogen-bond acceptors (Lipinski definition) is 6. The van der Waals surface area contributed by atoms with E-state index >= 15 is 0 Å². The second kappa shape index (κ2) is 7.72. The number of aromatic nitrogens is 3. The lowest BCUT2D eigenvalue weighted by Gasteiger charge is -2.32. The van der Waals surface area contributed by atoms with Crippen LogP contribution in [0, 0.1) is 6.92 Å². The average molecular weight is 431 g/mol. The van der Waals surface area contributed by atoms with Gasteiger partial charge in [-0.05, 0) is 41.8 Å². The lowest BCUT2D eigenvalue weighted by Crippen LogP contribution is -2.45. The molecule has 32 heavy (non-hydrogen) atoms. The predicted octanol–water partition coefficient (Wildman–Crippen LogP) is 3.00. The number of rotatable bonds is 3. The maximum absolute atomic E-state index is 13.4. The number of carbonyl (C=O) groups excluding carboxylic acids is 1. The van der Waals surface area contributed by atoms with Crippen molar-refractivity contribution in [3.05, 3.63) is 54.3 Å². The number of benzene rings is 1. The fourth-order valence-corrected chi connectivity index (χ4v) is 4.86. The van der Waals surface area contributed by atoms with Crippen molar-refractivity contribution in [2.45, 2.75) is 19.4 Å². The highest BCUT2D eigenvalue weighted by Crippen LogP contribution is 2.26. The molecule has 8 nitrogen and oxygen atoms in total. The Morgan fingerprint density at radius 3 is 2.81 bits per heavy atom. The number of amides is 1. The van der Waals surface area contributed by atoms with E-state index in [4.69, 9.17) is 9.15 Å². The number of nitrogens with zero attached hydrogens (tertiary/aromatic N) is 5. The number of fused-ring (bicyclic) bond motifs is 2. The number of aryl methyl sites for hydroxylation is 1. The van der Waals surface area contributed by atoms with Gasteiger partial charge in [0, 0.05) is 45.3 Å². The zero-order chi connectivity index (χ0) is 21.7. The van der Waals surface area contributed by atoms with Gasteiger partial charge in [0.2, 0.25) is 0 Å². The lowest BCUT2D eigenvalue weighted by molar-refractivity contribution is 0.0185. The van der Waals surface area contributed by atoms with Crippen LogP contribution in [0.15, 0.2) is 47.1 Å². The molecular weight excluding hydrogens is 406 g/mol. The zero-order valence-electron chi connectivity index (χ0n) is 18.0. The molecule has 1 atom stereocenters. The smallest absolute Gasteiger partial charge is 0.272 e. The molecule has 3 aromatic heterocycles. The van der Waals surface area contributed by atoms with Gasteiger partial charge in [-0.2, -0.15) is 0 Å². The van der Waals surface area contributed by atoms with Gasteiger partial charge in [-0.25, -0.2) is 9.97 Å². The first-order chi connectivity index (χ1) is 15.7. The van der Waals surface area contributed by atoms with E-state index in [1.54, 1.807) is 6.20 Å². The number of oxazole rings is 1. The summed E-state index contributed by atoms with van der Waals surface area (Å²) in [5.74, 6) is 0.684. The largest absolute Gasteiger partial charge is 0.441 e. The summed E-state index contributed by atoms with van der Waals surface area (Å²) in [6.07, 6.45) is 4.68. The molecule has 8 heteroatoms. The van der Waals surface area contributed by atoms with Gasteiger partial charge in [0.25, 0.3) is 5.91 Å². The Morgan fingerprint density at radius 2 is 1.94 bits per heavy atom. The first-order valence-electron chi connectivity index (χ1n) is 11.1. The van der Waals surface area contributed by atoms with Crippen molar-refractivity contribution >= 4 is 22.7 Å². The molecule has 0 bridgehead atoms. The molecule has 2 aliphatic rings. The van der Waals surface area contributed by atoms with Crippen LogP contribution in [0.5, 0.6) is 0 Å². The van der Waals surface area contributed by atoms with Crippen molar-refractivity contribution in [2.75, 3.05) is 39.4 Å². The minimum Gasteiger partial charge on any atom is -0.441 e. The third kappa shape index (κ3) is 3.36. The molecule has 0 spiro atoms. The summed E-state index contributed by atoms with van der Waals surface area (Å²) < 4.78 is 13.0. The minimum atomic E-state index is 0.0352. The second-order valence-corrected chi connectivity index (χ2v) is 8.55. The van der Waals surface area contributed by atoms with Crippen LogP contribution in [0.1, 0.15) is 22.8 Å². The van der Waals surface area contributed by atoms with Crippen LogP contribution >= 0.6 is 0 Å². The Kier molecular flexibility index (Phi) is 4.69. The van der Waals surface area contributed by atoms with Crippen molar-refractivity contribution < 1.29 is 13.9 Å². The molecular formula is C24H25N5O3. The molecule has 0 radical (unpaired) electrons. The fourth-order valence-electron chi connectivity index (χ4n) is 4.86. The molecule has 1 amide bonds. The quantitative estimate of drug-likeness (QED) is 0.496. The summed E-state index contributed by atoms with van der Waals surface area (Å²) in [4.78, 5) is 26.7. The van der Waals surface area contributed by atoms with E-state index in [1.807, 2.05) is 52.8 Å². The van der Waals surface area contributed by atoms with E-state index in [0.717, 1.165) is 73.7 Å². The van der Waals surface area contributed by atoms with E-state index in [2.05, 4.69) is 14.9 Å². The molecule has 2 fully saturated rings. The average Bonchev–Trinajstić information content (AvgIpc) is 3.55. The van der Waals surface area contributed by atoms with Crippen LogP contribution in [-0.2, 0) is 4.74 Å². The van der Waals surface area contributed by atoms with Crippen molar-refractivity contribution in [1.29, 1.82) is 0 Å². The van der Waals surface area contributed by atoms with Gasteiger partial charge >= 0.3 is 0 Å². The molecule has 1 aromatic carbocycles. The van der Waals surface area contributed by atoms with E-state index < -0.39 is 0 Å². The first kappa shape index (κ1) is 19.5.